The van der Waals surface area contributed by atoms with Crippen LogP contribution in [0.2, 0.25) is 0 Å². The van der Waals surface area contributed by atoms with Gasteiger partial charge >= 0.3 is 0 Å². The molecule has 2 rings (SSSR count). The Hall–Kier alpha value is -0.860. The molecule has 1 unspecified atom stereocenters. The third-order valence-electron chi connectivity index (χ3n) is 5.36. The Morgan fingerprint density at radius 3 is 2.20 bits per heavy atom. The topological polar surface area (TPSA) is 46.2 Å². The average molecular weight is 275 g/mol. The summed E-state index contributed by atoms with van der Waals surface area (Å²) < 4.78 is 0. The van der Waals surface area contributed by atoms with E-state index < -0.39 is 5.60 Å². The summed E-state index contributed by atoms with van der Waals surface area (Å²) in [6, 6.07) is 10.4. The monoisotopic (exact) mass is 275 g/mol. The van der Waals surface area contributed by atoms with Crippen LogP contribution in [-0.2, 0) is 6.42 Å². The second-order valence-corrected chi connectivity index (χ2v) is 6.45. The second-order valence-electron chi connectivity index (χ2n) is 6.45. The van der Waals surface area contributed by atoms with Crippen molar-refractivity contribution in [2.45, 2.75) is 63.9 Å². The van der Waals surface area contributed by atoms with E-state index in [9.17, 15) is 5.11 Å². The highest BCUT2D eigenvalue weighted by molar-refractivity contribution is 5.19. The van der Waals surface area contributed by atoms with Crippen LogP contribution in [0.1, 0.15) is 57.4 Å². The van der Waals surface area contributed by atoms with Crippen LogP contribution >= 0.6 is 0 Å². The van der Waals surface area contributed by atoms with E-state index in [0.717, 1.165) is 25.7 Å². The van der Waals surface area contributed by atoms with Gasteiger partial charge in [0.2, 0.25) is 0 Å². The van der Waals surface area contributed by atoms with Gasteiger partial charge in [-0.2, -0.15) is 0 Å². The zero-order chi connectivity index (χ0) is 14.5. The Kier molecular flexibility index (Phi) is 5.22. The van der Waals surface area contributed by atoms with Crippen LogP contribution < -0.4 is 5.73 Å². The average Bonchev–Trinajstić information content (AvgIpc) is 2.75. The molecule has 0 radical (unpaired) electrons. The Bertz CT molecular complexity index is 395. The Morgan fingerprint density at radius 1 is 1.10 bits per heavy atom. The zero-order valence-corrected chi connectivity index (χ0v) is 12.8. The number of nitrogens with two attached hydrogens (primary N) is 1. The number of aliphatic hydroxyl groups is 1. The van der Waals surface area contributed by atoms with Gasteiger partial charge in [-0.05, 0) is 24.8 Å². The minimum Gasteiger partial charge on any atom is -0.389 e. The van der Waals surface area contributed by atoms with E-state index in [0.29, 0.717) is 6.54 Å². The summed E-state index contributed by atoms with van der Waals surface area (Å²) in [7, 11) is 0. The van der Waals surface area contributed by atoms with E-state index >= 15 is 0 Å². The molecule has 0 heterocycles. The van der Waals surface area contributed by atoms with Crippen molar-refractivity contribution in [1.82, 2.24) is 0 Å². The predicted molar refractivity (Wildman–Crippen MR) is 84.6 cm³/mol. The van der Waals surface area contributed by atoms with Crippen molar-refractivity contribution in [2.75, 3.05) is 6.54 Å². The first-order valence-corrected chi connectivity index (χ1v) is 8.12. The maximum atomic E-state index is 11.4. The molecule has 1 aliphatic rings. The van der Waals surface area contributed by atoms with Gasteiger partial charge in [0.1, 0.15) is 0 Å². The lowest BCUT2D eigenvalue weighted by molar-refractivity contribution is -0.0920. The van der Waals surface area contributed by atoms with E-state index in [2.05, 4.69) is 19.1 Å². The summed E-state index contributed by atoms with van der Waals surface area (Å²) in [5.74, 6) is 0. The Morgan fingerprint density at radius 2 is 1.70 bits per heavy atom. The molecule has 0 amide bonds. The van der Waals surface area contributed by atoms with Gasteiger partial charge in [-0.15, -0.1) is 0 Å². The summed E-state index contributed by atoms with van der Waals surface area (Å²) in [4.78, 5) is 0. The normalized spacial score (nSPS) is 21.9. The minimum absolute atomic E-state index is 0.103. The lowest BCUT2D eigenvalue weighted by atomic mass is 9.63. The van der Waals surface area contributed by atoms with Gasteiger partial charge in [-0.3, -0.25) is 0 Å². The molecular formula is C18H29NO. The van der Waals surface area contributed by atoms with Gasteiger partial charge in [-0.1, -0.05) is 62.9 Å². The van der Waals surface area contributed by atoms with Gasteiger partial charge in [0.15, 0.2) is 0 Å². The number of hydrogen-bond acceptors (Lipinski definition) is 2. The SMILES string of the molecule is CCC(O)(Cc1ccccc1)C1(CN)CCCCCC1. The fraction of sp³-hybridized carbons (Fsp3) is 0.667. The lowest BCUT2D eigenvalue weighted by Crippen LogP contribution is -2.53. The standard InChI is InChI=1S/C18H29NO/c1-2-18(20,14-16-10-6-5-7-11-16)17(15-19)12-8-3-4-9-13-17/h5-7,10-11,20H,2-4,8-9,12-15,19H2,1H3. The fourth-order valence-corrected chi connectivity index (χ4v) is 3.89. The smallest absolute Gasteiger partial charge is 0.0753 e. The van der Waals surface area contributed by atoms with Crippen LogP contribution in [0.5, 0.6) is 0 Å². The molecule has 0 spiro atoms. The first-order valence-electron chi connectivity index (χ1n) is 8.12. The van der Waals surface area contributed by atoms with Crippen molar-refractivity contribution >= 4 is 0 Å². The third kappa shape index (κ3) is 3.07. The van der Waals surface area contributed by atoms with Crippen LogP contribution in [0.15, 0.2) is 30.3 Å². The van der Waals surface area contributed by atoms with Crippen molar-refractivity contribution < 1.29 is 5.11 Å². The molecule has 3 N–H and O–H groups in total. The molecule has 0 bridgehead atoms. The molecule has 1 aliphatic carbocycles. The van der Waals surface area contributed by atoms with Crippen LogP contribution in [0.3, 0.4) is 0 Å². The predicted octanol–water partition coefficient (Wildman–Crippen LogP) is 3.67. The summed E-state index contributed by atoms with van der Waals surface area (Å²) in [5.41, 5.74) is 6.60. The zero-order valence-electron chi connectivity index (χ0n) is 12.8. The van der Waals surface area contributed by atoms with Gasteiger partial charge in [0.25, 0.3) is 0 Å². The van der Waals surface area contributed by atoms with Gasteiger partial charge in [0.05, 0.1) is 5.60 Å². The van der Waals surface area contributed by atoms with E-state index in [1.807, 2.05) is 18.2 Å². The quantitative estimate of drug-likeness (QED) is 0.805. The van der Waals surface area contributed by atoms with E-state index in [4.69, 9.17) is 5.73 Å². The third-order valence-corrected chi connectivity index (χ3v) is 5.36. The van der Waals surface area contributed by atoms with Crippen LogP contribution in [0.4, 0.5) is 0 Å². The largest absolute Gasteiger partial charge is 0.389 e. The fourth-order valence-electron chi connectivity index (χ4n) is 3.89. The highest BCUT2D eigenvalue weighted by Gasteiger charge is 2.47. The number of rotatable bonds is 5. The maximum absolute atomic E-state index is 11.4. The minimum atomic E-state index is -0.673. The van der Waals surface area contributed by atoms with Gasteiger partial charge in [0, 0.05) is 18.4 Å². The summed E-state index contributed by atoms with van der Waals surface area (Å²) in [5, 5.41) is 11.4. The lowest BCUT2D eigenvalue weighted by Gasteiger charge is -2.47. The van der Waals surface area contributed by atoms with Crippen LogP contribution in [-0.4, -0.2) is 17.3 Å². The van der Waals surface area contributed by atoms with Crippen molar-refractivity contribution in [3.05, 3.63) is 35.9 Å². The van der Waals surface area contributed by atoms with Crippen molar-refractivity contribution in [1.29, 1.82) is 0 Å². The van der Waals surface area contributed by atoms with Crippen molar-refractivity contribution in [3.8, 4) is 0 Å². The highest BCUT2D eigenvalue weighted by atomic mass is 16.3. The van der Waals surface area contributed by atoms with Crippen molar-refractivity contribution in [2.24, 2.45) is 11.1 Å². The first-order chi connectivity index (χ1) is 9.66. The number of hydrogen-bond donors (Lipinski definition) is 2. The van der Waals surface area contributed by atoms with E-state index in [-0.39, 0.29) is 5.41 Å². The van der Waals surface area contributed by atoms with E-state index in [1.54, 1.807) is 0 Å². The Labute approximate surface area is 123 Å². The van der Waals surface area contributed by atoms with E-state index in [1.165, 1.54) is 31.2 Å². The van der Waals surface area contributed by atoms with Crippen molar-refractivity contribution in [3.63, 3.8) is 0 Å². The summed E-state index contributed by atoms with van der Waals surface area (Å²) in [6.07, 6.45) is 8.62. The highest BCUT2D eigenvalue weighted by Crippen LogP contribution is 2.46. The maximum Gasteiger partial charge on any atom is 0.0753 e. The molecule has 0 aromatic heterocycles. The molecule has 2 nitrogen and oxygen atoms in total. The molecule has 1 aromatic rings. The van der Waals surface area contributed by atoms with Crippen LogP contribution in [0, 0.1) is 5.41 Å². The first kappa shape index (κ1) is 15.5. The van der Waals surface area contributed by atoms with Gasteiger partial charge in [-0.25, -0.2) is 0 Å². The number of benzene rings is 1. The summed E-state index contributed by atoms with van der Waals surface area (Å²) in [6.45, 7) is 2.70. The van der Waals surface area contributed by atoms with Crippen LogP contribution in [0.25, 0.3) is 0 Å². The molecule has 2 heteroatoms. The second kappa shape index (κ2) is 6.73. The molecule has 20 heavy (non-hydrogen) atoms. The Balaban J connectivity index is 2.26. The molecule has 112 valence electrons. The molecule has 1 saturated carbocycles. The molecule has 1 fully saturated rings. The molecular weight excluding hydrogens is 246 g/mol. The molecule has 0 saturated heterocycles. The summed E-state index contributed by atoms with van der Waals surface area (Å²) >= 11 is 0. The molecule has 1 aromatic carbocycles. The molecule has 1 atom stereocenters. The molecule has 0 aliphatic heterocycles. The van der Waals surface area contributed by atoms with Gasteiger partial charge < -0.3 is 10.8 Å².